The van der Waals surface area contributed by atoms with E-state index >= 15 is 0 Å². The van der Waals surface area contributed by atoms with Gasteiger partial charge in [-0.3, -0.25) is 0 Å². The quantitative estimate of drug-likeness (QED) is 0.537. The summed E-state index contributed by atoms with van der Waals surface area (Å²) in [4.78, 5) is 17.8. The number of benzene rings is 1. The molecule has 29 heavy (non-hydrogen) atoms. The maximum atomic E-state index is 13.4. The van der Waals surface area contributed by atoms with E-state index in [1.807, 2.05) is 22.7 Å². The first kappa shape index (κ1) is 17.7. The molecule has 1 fully saturated rings. The first-order valence-electron chi connectivity index (χ1n) is 9.55. The van der Waals surface area contributed by atoms with Crippen LogP contribution in [-0.2, 0) is 0 Å². The Balaban J connectivity index is 1.68. The number of imidazole rings is 1. The van der Waals surface area contributed by atoms with Gasteiger partial charge in [-0.25, -0.2) is 23.9 Å². The van der Waals surface area contributed by atoms with Crippen LogP contribution in [0.4, 0.5) is 10.2 Å². The highest BCUT2D eigenvalue weighted by atomic mass is 19.1. The molecule has 1 aliphatic heterocycles. The van der Waals surface area contributed by atoms with Gasteiger partial charge in [0.25, 0.3) is 0 Å². The summed E-state index contributed by atoms with van der Waals surface area (Å²) in [6.45, 7) is 3.86. The molecule has 4 aromatic rings. The predicted molar refractivity (Wildman–Crippen MR) is 109 cm³/mol. The first-order valence-corrected chi connectivity index (χ1v) is 9.55. The number of halogens is 1. The molecule has 1 aromatic carbocycles. The zero-order valence-corrected chi connectivity index (χ0v) is 16.0. The van der Waals surface area contributed by atoms with Crippen molar-refractivity contribution < 1.29 is 4.39 Å². The van der Waals surface area contributed by atoms with Crippen molar-refractivity contribution in [3.8, 4) is 22.6 Å². The average molecular weight is 389 g/mol. The van der Waals surface area contributed by atoms with Crippen LogP contribution >= 0.6 is 0 Å². The number of piperazine rings is 1. The summed E-state index contributed by atoms with van der Waals surface area (Å²) in [5.41, 5.74) is 3.73. The van der Waals surface area contributed by atoms with Gasteiger partial charge in [0.15, 0.2) is 5.65 Å². The van der Waals surface area contributed by atoms with Crippen molar-refractivity contribution in [1.82, 2.24) is 29.5 Å². The zero-order valence-electron chi connectivity index (χ0n) is 16.0. The topological polar surface area (TPSA) is 62.5 Å². The van der Waals surface area contributed by atoms with Crippen molar-refractivity contribution in [3.05, 3.63) is 60.8 Å². The van der Waals surface area contributed by atoms with Gasteiger partial charge in [0.2, 0.25) is 0 Å². The minimum Gasteiger partial charge on any atom is -0.353 e. The molecule has 1 saturated heterocycles. The molecule has 0 N–H and O–H groups in total. The summed E-state index contributed by atoms with van der Waals surface area (Å²) in [6.07, 6.45) is 3.20. The number of nitrogens with zero attached hydrogens (tertiary/aromatic N) is 7. The SMILES string of the molecule is CN1CCN(c2ccc3nc(-c4ccc(F)cc4)c(-c4ccncn4)n3n2)CC1. The Morgan fingerprint density at radius 1 is 0.931 bits per heavy atom. The van der Waals surface area contributed by atoms with Crippen LogP contribution in [0.1, 0.15) is 0 Å². The second-order valence-corrected chi connectivity index (χ2v) is 7.16. The molecule has 0 spiro atoms. The summed E-state index contributed by atoms with van der Waals surface area (Å²) in [6, 6.07) is 12.1. The fourth-order valence-corrected chi connectivity index (χ4v) is 3.60. The molecule has 146 valence electrons. The third-order valence-electron chi connectivity index (χ3n) is 5.23. The van der Waals surface area contributed by atoms with E-state index in [1.165, 1.54) is 18.5 Å². The first-order chi connectivity index (χ1) is 14.2. The van der Waals surface area contributed by atoms with Crippen LogP contribution in [0.25, 0.3) is 28.3 Å². The third-order valence-corrected chi connectivity index (χ3v) is 5.23. The highest BCUT2D eigenvalue weighted by Crippen LogP contribution is 2.31. The number of rotatable bonds is 3. The van der Waals surface area contributed by atoms with E-state index in [0.29, 0.717) is 5.69 Å². The molecule has 0 saturated carbocycles. The van der Waals surface area contributed by atoms with Crippen molar-refractivity contribution in [3.63, 3.8) is 0 Å². The van der Waals surface area contributed by atoms with Gasteiger partial charge < -0.3 is 9.80 Å². The third kappa shape index (κ3) is 3.31. The van der Waals surface area contributed by atoms with Crippen molar-refractivity contribution in [2.45, 2.75) is 0 Å². The Labute approximate surface area is 167 Å². The van der Waals surface area contributed by atoms with Gasteiger partial charge in [-0.1, -0.05) is 0 Å². The minimum atomic E-state index is -0.281. The molecule has 0 radical (unpaired) electrons. The van der Waals surface area contributed by atoms with E-state index in [9.17, 15) is 4.39 Å². The largest absolute Gasteiger partial charge is 0.353 e. The molecule has 3 aromatic heterocycles. The smallest absolute Gasteiger partial charge is 0.155 e. The lowest BCUT2D eigenvalue weighted by Crippen LogP contribution is -2.44. The second-order valence-electron chi connectivity index (χ2n) is 7.16. The van der Waals surface area contributed by atoms with E-state index in [2.05, 4.69) is 26.8 Å². The normalized spacial score (nSPS) is 15.2. The number of fused-ring (bicyclic) bond motifs is 1. The lowest BCUT2D eigenvalue weighted by molar-refractivity contribution is 0.311. The van der Waals surface area contributed by atoms with Gasteiger partial charge in [0.05, 0.1) is 5.69 Å². The monoisotopic (exact) mass is 389 g/mol. The lowest BCUT2D eigenvalue weighted by Gasteiger charge is -2.33. The molecular weight excluding hydrogens is 369 g/mol. The van der Waals surface area contributed by atoms with Crippen LogP contribution in [0.3, 0.4) is 0 Å². The molecule has 0 atom stereocenters. The standard InChI is InChI=1S/C21H20FN7/c1-27-10-12-28(13-11-27)19-7-6-18-25-20(15-2-4-16(22)5-3-15)21(29(18)26-19)17-8-9-23-14-24-17/h2-9,14H,10-13H2,1H3. The summed E-state index contributed by atoms with van der Waals surface area (Å²) < 4.78 is 15.3. The Hall–Kier alpha value is -3.39. The van der Waals surface area contributed by atoms with Crippen LogP contribution in [0.5, 0.6) is 0 Å². The Bertz CT molecular complexity index is 1130. The summed E-state index contributed by atoms with van der Waals surface area (Å²) in [5.74, 6) is 0.626. The van der Waals surface area contributed by atoms with Crippen molar-refractivity contribution in [1.29, 1.82) is 0 Å². The van der Waals surface area contributed by atoms with Crippen LogP contribution in [0.2, 0.25) is 0 Å². The number of hydrogen-bond donors (Lipinski definition) is 0. The number of anilines is 1. The molecule has 0 amide bonds. The van der Waals surface area contributed by atoms with Crippen molar-refractivity contribution >= 4 is 11.5 Å². The van der Waals surface area contributed by atoms with Crippen molar-refractivity contribution in [2.24, 2.45) is 0 Å². The molecule has 4 heterocycles. The van der Waals surface area contributed by atoms with Gasteiger partial charge >= 0.3 is 0 Å². The number of hydrogen-bond acceptors (Lipinski definition) is 6. The fourth-order valence-electron chi connectivity index (χ4n) is 3.60. The second kappa shape index (κ2) is 7.21. The van der Waals surface area contributed by atoms with E-state index in [0.717, 1.165) is 54.6 Å². The molecule has 8 heteroatoms. The summed E-state index contributed by atoms with van der Waals surface area (Å²) in [5, 5.41) is 4.89. The van der Waals surface area contributed by atoms with Crippen LogP contribution in [0.15, 0.2) is 55.0 Å². The maximum Gasteiger partial charge on any atom is 0.155 e. The van der Waals surface area contributed by atoms with Crippen LogP contribution < -0.4 is 4.90 Å². The maximum absolute atomic E-state index is 13.4. The molecule has 1 aliphatic rings. The molecule has 0 bridgehead atoms. The average Bonchev–Trinajstić information content (AvgIpc) is 3.14. The number of likely N-dealkylation sites (N-methyl/N-ethyl adjacent to an activating group) is 1. The van der Waals surface area contributed by atoms with Crippen LogP contribution in [-0.4, -0.2) is 62.7 Å². The van der Waals surface area contributed by atoms with Gasteiger partial charge in [0, 0.05) is 37.9 Å². The molecule has 0 aliphatic carbocycles. The molecule has 5 rings (SSSR count). The fraction of sp³-hybridized carbons (Fsp3) is 0.238. The van der Waals surface area contributed by atoms with E-state index in [4.69, 9.17) is 10.1 Å². The van der Waals surface area contributed by atoms with Crippen LogP contribution in [0, 0.1) is 5.82 Å². The van der Waals surface area contributed by atoms with E-state index in [-0.39, 0.29) is 5.82 Å². The predicted octanol–water partition coefficient (Wildman–Crippen LogP) is 2.74. The lowest BCUT2D eigenvalue weighted by atomic mass is 10.1. The zero-order chi connectivity index (χ0) is 19.8. The number of aromatic nitrogens is 5. The van der Waals surface area contributed by atoms with E-state index < -0.39 is 0 Å². The Morgan fingerprint density at radius 3 is 2.45 bits per heavy atom. The van der Waals surface area contributed by atoms with Gasteiger partial charge in [-0.15, -0.1) is 5.10 Å². The van der Waals surface area contributed by atoms with Gasteiger partial charge in [0.1, 0.15) is 29.4 Å². The summed E-state index contributed by atoms with van der Waals surface area (Å²) >= 11 is 0. The molecular formula is C21H20FN7. The van der Waals surface area contributed by atoms with Gasteiger partial charge in [-0.05, 0) is 49.5 Å². The van der Waals surface area contributed by atoms with E-state index in [1.54, 1.807) is 18.3 Å². The van der Waals surface area contributed by atoms with Crippen molar-refractivity contribution in [2.75, 3.05) is 38.1 Å². The molecule has 7 nitrogen and oxygen atoms in total. The Kier molecular flexibility index (Phi) is 4.40. The summed E-state index contributed by atoms with van der Waals surface area (Å²) in [7, 11) is 2.13. The minimum absolute atomic E-state index is 0.281. The molecule has 0 unspecified atom stereocenters. The highest BCUT2D eigenvalue weighted by molar-refractivity contribution is 5.80. The Morgan fingerprint density at radius 2 is 1.72 bits per heavy atom. The van der Waals surface area contributed by atoms with Gasteiger partial charge in [-0.2, -0.15) is 0 Å². The highest BCUT2D eigenvalue weighted by Gasteiger charge is 2.21.